The van der Waals surface area contributed by atoms with Gasteiger partial charge in [-0.25, -0.2) is 9.97 Å². The van der Waals surface area contributed by atoms with Gasteiger partial charge in [0.25, 0.3) is 0 Å². The van der Waals surface area contributed by atoms with Crippen LogP contribution in [0.2, 0.25) is 5.02 Å². The van der Waals surface area contributed by atoms with E-state index in [2.05, 4.69) is 21.9 Å². The highest BCUT2D eigenvalue weighted by Gasteiger charge is 2.14. The monoisotopic (exact) mass is 272 g/mol. The molecule has 0 fully saturated rings. The number of fused-ring (bicyclic) bond motifs is 1. The minimum Gasteiger partial charge on any atom is -0.309 e. The van der Waals surface area contributed by atoms with E-state index in [4.69, 9.17) is 11.6 Å². The van der Waals surface area contributed by atoms with Crippen molar-refractivity contribution in [2.75, 3.05) is 0 Å². The molecular weight excluding hydrogens is 260 g/mol. The topological polar surface area (TPSA) is 43.6 Å². The fraction of sp³-hybridized carbons (Fsp3) is 0.214. The third-order valence-corrected chi connectivity index (χ3v) is 3.38. The summed E-state index contributed by atoms with van der Waals surface area (Å²) in [5.41, 5.74) is 3.51. The van der Waals surface area contributed by atoms with Gasteiger partial charge in [0.2, 0.25) is 0 Å². The maximum atomic E-state index is 6.18. The number of aryl methyl sites for hydroxylation is 2. The van der Waals surface area contributed by atoms with Crippen LogP contribution in [0.1, 0.15) is 12.6 Å². The first-order chi connectivity index (χ1) is 9.20. The Morgan fingerprint density at radius 2 is 2.05 bits per heavy atom. The Hall–Kier alpha value is -1.94. The van der Waals surface area contributed by atoms with E-state index in [-0.39, 0.29) is 0 Å². The lowest BCUT2D eigenvalue weighted by molar-refractivity contribution is 0.786. The molecule has 96 valence electrons. The second kappa shape index (κ2) is 4.63. The Bertz CT molecular complexity index is 731. The molecular formula is C14H13ClN4. The zero-order valence-corrected chi connectivity index (χ0v) is 11.5. The molecule has 5 heteroatoms. The minimum atomic E-state index is 0.624. The SMILES string of the molecule is CCn1c(-c2ccc(C)nc2)nc2c(Cl)ccnc21. The number of pyridine rings is 2. The average Bonchev–Trinajstić information content (AvgIpc) is 2.79. The predicted octanol–water partition coefficient (Wildman–Crippen LogP) is 3.48. The number of imidazole rings is 1. The molecule has 3 rings (SSSR count). The van der Waals surface area contributed by atoms with Crippen LogP contribution in [0, 0.1) is 6.92 Å². The van der Waals surface area contributed by atoms with E-state index in [0.29, 0.717) is 5.02 Å². The van der Waals surface area contributed by atoms with E-state index in [9.17, 15) is 0 Å². The van der Waals surface area contributed by atoms with Gasteiger partial charge in [-0.2, -0.15) is 0 Å². The molecule has 0 saturated carbocycles. The van der Waals surface area contributed by atoms with Gasteiger partial charge >= 0.3 is 0 Å². The van der Waals surface area contributed by atoms with Gasteiger partial charge in [-0.05, 0) is 32.0 Å². The number of hydrogen-bond acceptors (Lipinski definition) is 3. The van der Waals surface area contributed by atoms with Crippen LogP contribution in [-0.4, -0.2) is 19.5 Å². The van der Waals surface area contributed by atoms with E-state index < -0.39 is 0 Å². The van der Waals surface area contributed by atoms with Crippen molar-refractivity contribution in [2.24, 2.45) is 0 Å². The molecule has 0 saturated heterocycles. The van der Waals surface area contributed by atoms with Crippen LogP contribution >= 0.6 is 11.6 Å². The molecule has 0 N–H and O–H groups in total. The average molecular weight is 273 g/mol. The Morgan fingerprint density at radius 1 is 1.21 bits per heavy atom. The largest absolute Gasteiger partial charge is 0.309 e. The van der Waals surface area contributed by atoms with Crippen molar-refractivity contribution in [3.8, 4) is 11.4 Å². The maximum absolute atomic E-state index is 6.18. The molecule has 0 spiro atoms. The molecule has 0 aliphatic heterocycles. The van der Waals surface area contributed by atoms with E-state index in [1.807, 2.05) is 29.8 Å². The first-order valence-corrected chi connectivity index (χ1v) is 6.52. The van der Waals surface area contributed by atoms with Gasteiger partial charge in [-0.15, -0.1) is 0 Å². The van der Waals surface area contributed by atoms with E-state index >= 15 is 0 Å². The molecule has 3 aromatic rings. The van der Waals surface area contributed by atoms with Gasteiger partial charge in [0.15, 0.2) is 5.65 Å². The summed E-state index contributed by atoms with van der Waals surface area (Å²) in [6, 6.07) is 5.75. The van der Waals surface area contributed by atoms with Crippen molar-refractivity contribution >= 4 is 22.8 Å². The molecule has 0 aliphatic rings. The molecule has 0 bridgehead atoms. The second-order valence-corrected chi connectivity index (χ2v) is 4.74. The van der Waals surface area contributed by atoms with Crippen molar-refractivity contribution in [3.05, 3.63) is 41.3 Å². The molecule has 0 amide bonds. The standard InChI is InChI=1S/C14H13ClN4/c1-3-19-13(10-5-4-9(2)17-8-10)18-12-11(15)6-7-16-14(12)19/h4-8H,3H2,1-2H3. The van der Waals surface area contributed by atoms with Crippen LogP contribution < -0.4 is 0 Å². The van der Waals surface area contributed by atoms with Crippen LogP contribution in [0.5, 0.6) is 0 Å². The van der Waals surface area contributed by atoms with E-state index in [1.165, 1.54) is 0 Å². The van der Waals surface area contributed by atoms with Crippen LogP contribution in [0.15, 0.2) is 30.6 Å². The summed E-state index contributed by atoms with van der Waals surface area (Å²) in [6.07, 6.45) is 3.53. The highest BCUT2D eigenvalue weighted by Crippen LogP contribution is 2.27. The smallest absolute Gasteiger partial charge is 0.161 e. The zero-order chi connectivity index (χ0) is 13.4. The molecule has 4 nitrogen and oxygen atoms in total. The van der Waals surface area contributed by atoms with Crippen LogP contribution in [0.3, 0.4) is 0 Å². The normalized spacial score (nSPS) is 11.1. The fourth-order valence-corrected chi connectivity index (χ4v) is 2.29. The number of halogens is 1. The maximum Gasteiger partial charge on any atom is 0.161 e. The minimum absolute atomic E-state index is 0.624. The van der Waals surface area contributed by atoms with Crippen LogP contribution in [0.25, 0.3) is 22.6 Å². The van der Waals surface area contributed by atoms with E-state index in [1.54, 1.807) is 12.3 Å². The molecule has 0 unspecified atom stereocenters. The van der Waals surface area contributed by atoms with Crippen molar-refractivity contribution in [3.63, 3.8) is 0 Å². The van der Waals surface area contributed by atoms with Crippen molar-refractivity contribution < 1.29 is 0 Å². The summed E-state index contributed by atoms with van der Waals surface area (Å²) >= 11 is 6.18. The first kappa shape index (κ1) is 12.1. The molecule has 0 aliphatic carbocycles. The number of aromatic nitrogens is 4. The summed E-state index contributed by atoms with van der Waals surface area (Å²) in [5.74, 6) is 0.852. The Labute approximate surface area is 116 Å². The van der Waals surface area contributed by atoms with Crippen molar-refractivity contribution in [2.45, 2.75) is 20.4 Å². The van der Waals surface area contributed by atoms with Gasteiger partial charge in [0.05, 0.1) is 5.02 Å². The number of rotatable bonds is 2. The summed E-state index contributed by atoms with van der Waals surface area (Å²) < 4.78 is 2.05. The van der Waals surface area contributed by atoms with Gasteiger partial charge < -0.3 is 4.57 Å². The second-order valence-electron chi connectivity index (χ2n) is 4.33. The van der Waals surface area contributed by atoms with Gasteiger partial charge in [0.1, 0.15) is 11.3 Å². The summed E-state index contributed by atoms with van der Waals surface area (Å²) in [5, 5.41) is 0.624. The summed E-state index contributed by atoms with van der Waals surface area (Å²) in [4.78, 5) is 13.3. The van der Waals surface area contributed by atoms with E-state index in [0.717, 1.165) is 34.8 Å². The fourth-order valence-electron chi connectivity index (χ4n) is 2.11. The molecule has 3 aromatic heterocycles. The first-order valence-electron chi connectivity index (χ1n) is 6.14. The zero-order valence-electron chi connectivity index (χ0n) is 10.8. The number of nitrogens with zero attached hydrogens (tertiary/aromatic N) is 4. The van der Waals surface area contributed by atoms with Crippen LogP contribution in [-0.2, 0) is 6.54 Å². The summed E-state index contributed by atoms with van der Waals surface area (Å²) in [7, 11) is 0. The third-order valence-electron chi connectivity index (χ3n) is 3.07. The quantitative estimate of drug-likeness (QED) is 0.717. The van der Waals surface area contributed by atoms with Gasteiger partial charge in [-0.3, -0.25) is 4.98 Å². The summed E-state index contributed by atoms with van der Waals surface area (Å²) in [6.45, 7) is 4.81. The molecule has 19 heavy (non-hydrogen) atoms. The Balaban J connectivity index is 2.29. The molecule has 3 heterocycles. The lowest BCUT2D eigenvalue weighted by Gasteiger charge is -2.05. The Morgan fingerprint density at radius 3 is 2.74 bits per heavy atom. The lowest BCUT2D eigenvalue weighted by Crippen LogP contribution is -1.99. The van der Waals surface area contributed by atoms with Gasteiger partial charge in [-0.1, -0.05) is 11.6 Å². The highest BCUT2D eigenvalue weighted by molar-refractivity contribution is 6.34. The lowest BCUT2D eigenvalue weighted by atomic mass is 10.2. The molecule has 0 atom stereocenters. The van der Waals surface area contributed by atoms with Crippen LogP contribution in [0.4, 0.5) is 0 Å². The van der Waals surface area contributed by atoms with Crippen molar-refractivity contribution in [1.29, 1.82) is 0 Å². The molecule has 0 aromatic carbocycles. The number of hydrogen-bond donors (Lipinski definition) is 0. The van der Waals surface area contributed by atoms with Crippen molar-refractivity contribution in [1.82, 2.24) is 19.5 Å². The van der Waals surface area contributed by atoms with Gasteiger partial charge in [0, 0.05) is 30.2 Å². The highest BCUT2D eigenvalue weighted by atomic mass is 35.5. The third kappa shape index (κ3) is 1.98. The Kier molecular flexibility index (Phi) is 2.95. The predicted molar refractivity (Wildman–Crippen MR) is 76.2 cm³/mol. The molecule has 0 radical (unpaired) electrons.